The van der Waals surface area contributed by atoms with Crippen molar-refractivity contribution in [3.8, 4) is 11.5 Å². The van der Waals surface area contributed by atoms with Crippen LogP contribution in [0.1, 0.15) is 37.8 Å². The summed E-state index contributed by atoms with van der Waals surface area (Å²) in [6.07, 6.45) is 1.49. The zero-order valence-corrected chi connectivity index (χ0v) is 13.8. The van der Waals surface area contributed by atoms with E-state index in [2.05, 4.69) is 18.9 Å². The molecule has 0 saturated heterocycles. The fraction of sp³-hybridized carbons (Fsp3) is 0.611. The zero-order valence-electron chi connectivity index (χ0n) is 13.8. The van der Waals surface area contributed by atoms with Crippen molar-refractivity contribution in [3.05, 3.63) is 23.3 Å². The quantitative estimate of drug-likeness (QED) is 0.805. The van der Waals surface area contributed by atoms with Crippen molar-refractivity contribution in [2.75, 3.05) is 13.6 Å². The predicted octanol–water partition coefficient (Wildman–Crippen LogP) is 2.20. The lowest BCUT2D eigenvalue weighted by Gasteiger charge is -2.33. The maximum atomic E-state index is 11.4. The zero-order chi connectivity index (χ0) is 16.4. The Bertz CT molecular complexity index is 673. The lowest BCUT2D eigenvalue weighted by molar-refractivity contribution is -0.148. The molecule has 1 spiro atoms. The summed E-state index contributed by atoms with van der Waals surface area (Å²) < 4.78 is 11.8. The third-order valence-electron chi connectivity index (χ3n) is 6.00. The molecular formula is C18H23NO4. The number of ether oxygens (including phenoxy) is 2. The van der Waals surface area contributed by atoms with Gasteiger partial charge in [0.15, 0.2) is 11.5 Å². The standard InChI is InChI=1S/C18H23NO4/c1-10-14(22-11(2)20)8-15-18(10)6-7-19(3)9-12-4-5-13(21)17(23-15)16(12)18/h4-5,10,14-15,21H,6-9H2,1-3H3/t10?,14-,15+,18-/m1/s1. The topological polar surface area (TPSA) is 59.0 Å². The molecule has 2 heterocycles. The van der Waals surface area contributed by atoms with Crippen molar-refractivity contribution in [2.24, 2.45) is 5.92 Å². The van der Waals surface area contributed by atoms with Crippen LogP contribution in [0.25, 0.3) is 0 Å². The molecule has 0 radical (unpaired) electrons. The molecular weight excluding hydrogens is 294 g/mol. The first-order valence-corrected chi connectivity index (χ1v) is 8.31. The van der Waals surface area contributed by atoms with Crippen molar-refractivity contribution in [1.82, 2.24) is 4.90 Å². The van der Waals surface area contributed by atoms with Crippen LogP contribution in [0.5, 0.6) is 11.5 Å². The van der Waals surface area contributed by atoms with Crippen LogP contribution in [0.15, 0.2) is 12.1 Å². The minimum Gasteiger partial charge on any atom is -0.504 e. The van der Waals surface area contributed by atoms with Gasteiger partial charge in [-0.3, -0.25) is 4.79 Å². The van der Waals surface area contributed by atoms with Crippen molar-refractivity contribution in [2.45, 2.75) is 50.9 Å². The molecule has 1 aromatic rings. The van der Waals surface area contributed by atoms with Crippen LogP contribution in [-0.2, 0) is 21.5 Å². The van der Waals surface area contributed by atoms with Crippen molar-refractivity contribution >= 4 is 5.97 Å². The Morgan fingerprint density at radius 3 is 3.00 bits per heavy atom. The normalized spacial score (nSPS) is 35.2. The number of phenolic OH excluding ortho intramolecular Hbond substituents is 1. The molecule has 124 valence electrons. The van der Waals surface area contributed by atoms with E-state index in [0.29, 0.717) is 12.2 Å². The molecule has 1 fully saturated rings. The molecule has 0 aromatic heterocycles. The fourth-order valence-electron chi connectivity index (χ4n) is 4.93. The summed E-state index contributed by atoms with van der Waals surface area (Å²) in [6.45, 7) is 5.44. The Balaban J connectivity index is 1.86. The fourth-order valence-corrected chi connectivity index (χ4v) is 4.93. The van der Waals surface area contributed by atoms with E-state index in [1.165, 1.54) is 12.5 Å². The minimum absolute atomic E-state index is 0.0320. The summed E-state index contributed by atoms with van der Waals surface area (Å²) in [5.41, 5.74) is 2.19. The van der Waals surface area contributed by atoms with E-state index in [9.17, 15) is 9.90 Å². The molecule has 1 aromatic carbocycles. The second-order valence-electron chi connectivity index (χ2n) is 7.25. The van der Waals surface area contributed by atoms with Gasteiger partial charge in [0, 0.05) is 36.8 Å². The molecule has 4 atom stereocenters. The largest absolute Gasteiger partial charge is 0.504 e. The number of hydrogen-bond acceptors (Lipinski definition) is 5. The SMILES string of the molecule is CC(=O)O[C@@H]1C[C@@H]2Oc3c(O)ccc4c3[C@]2(CCN(C)C4)C1C. The summed E-state index contributed by atoms with van der Waals surface area (Å²) in [4.78, 5) is 13.8. The van der Waals surface area contributed by atoms with Gasteiger partial charge in [0.1, 0.15) is 12.2 Å². The van der Waals surface area contributed by atoms with Crippen LogP contribution in [0.4, 0.5) is 0 Å². The molecule has 1 saturated carbocycles. The Hall–Kier alpha value is -1.75. The summed E-state index contributed by atoms with van der Waals surface area (Å²) in [7, 11) is 2.12. The van der Waals surface area contributed by atoms with Crippen LogP contribution in [0.3, 0.4) is 0 Å². The molecule has 3 aliphatic rings. The first-order valence-electron chi connectivity index (χ1n) is 8.31. The molecule has 1 aliphatic carbocycles. The van der Waals surface area contributed by atoms with Crippen LogP contribution >= 0.6 is 0 Å². The number of phenols is 1. The Kier molecular flexibility index (Phi) is 3.14. The third-order valence-corrected chi connectivity index (χ3v) is 6.00. The number of aromatic hydroxyl groups is 1. The van der Waals surface area contributed by atoms with Crippen molar-refractivity contribution in [3.63, 3.8) is 0 Å². The predicted molar refractivity (Wildman–Crippen MR) is 84.5 cm³/mol. The van der Waals surface area contributed by atoms with E-state index in [0.717, 1.165) is 25.1 Å². The molecule has 23 heavy (non-hydrogen) atoms. The average Bonchev–Trinajstić information content (AvgIpc) is 2.87. The van der Waals surface area contributed by atoms with Crippen LogP contribution in [0.2, 0.25) is 0 Å². The van der Waals surface area contributed by atoms with Gasteiger partial charge in [0.2, 0.25) is 0 Å². The Morgan fingerprint density at radius 2 is 2.26 bits per heavy atom. The molecule has 1 unspecified atom stereocenters. The van der Waals surface area contributed by atoms with E-state index in [4.69, 9.17) is 9.47 Å². The molecule has 1 N–H and O–H groups in total. The number of rotatable bonds is 1. The Morgan fingerprint density at radius 1 is 1.48 bits per heavy atom. The summed E-state index contributed by atoms with van der Waals surface area (Å²) >= 11 is 0. The third kappa shape index (κ3) is 1.92. The lowest BCUT2D eigenvalue weighted by Crippen LogP contribution is -2.40. The van der Waals surface area contributed by atoms with Crippen LogP contribution in [-0.4, -0.2) is 41.8 Å². The first kappa shape index (κ1) is 14.8. The highest BCUT2D eigenvalue weighted by Crippen LogP contribution is 2.61. The van der Waals surface area contributed by atoms with Gasteiger partial charge in [0.25, 0.3) is 0 Å². The molecule has 4 rings (SSSR count). The van der Waals surface area contributed by atoms with E-state index >= 15 is 0 Å². The smallest absolute Gasteiger partial charge is 0.302 e. The van der Waals surface area contributed by atoms with E-state index in [1.807, 2.05) is 6.07 Å². The monoisotopic (exact) mass is 317 g/mol. The Labute approximate surface area is 136 Å². The van der Waals surface area contributed by atoms with Gasteiger partial charge >= 0.3 is 5.97 Å². The van der Waals surface area contributed by atoms with Gasteiger partial charge in [-0.15, -0.1) is 0 Å². The van der Waals surface area contributed by atoms with E-state index < -0.39 is 0 Å². The second kappa shape index (κ2) is 4.87. The average molecular weight is 317 g/mol. The number of carbonyl (C=O) groups excluding carboxylic acids is 1. The van der Waals surface area contributed by atoms with Gasteiger partial charge in [0.05, 0.1) is 0 Å². The molecule has 5 nitrogen and oxygen atoms in total. The molecule has 0 amide bonds. The van der Waals surface area contributed by atoms with Gasteiger partial charge in [-0.2, -0.15) is 0 Å². The lowest BCUT2D eigenvalue weighted by atomic mass is 9.69. The summed E-state index contributed by atoms with van der Waals surface area (Å²) in [5, 5.41) is 10.3. The van der Waals surface area contributed by atoms with Crippen molar-refractivity contribution < 1.29 is 19.4 Å². The summed E-state index contributed by atoms with van der Waals surface area (Å²) in [5.74, 6) is 0.805. The number of hydrogen-bond donors (Lipinski definition) is 1. The van der Waals surface area contributed by atoms with Gasteiger partial charge in [-0.1, -0.05) is 13.0 Å². The van der Waals surface area contributed by atoms with Crippen LogP contribution < -0.4 is 4.74 Å². The van der Waals surface area contributed by atoms with Crippen molar-refractivity contribution in [1.29, 1.82) is 0 Å². The highest BCUT2D eigenvalue weighted by molar-refractivity contribution is 5.66. The highest BCUT2D eigenvalue weighted by atomic mass is 16.6. The van der Waals surface area contributed by atoms with Gasteiger partial charge in [-0.05, 0) is 31.6 Å². The minimum atomic E-state index is -0.236. The van der Waals surface area contributed by atoms with E-state index in [1.54, 1.807) is 6.07 Å². The number of benzene rings is 1. The molecule has 2 aliphatic heterocycles. The van der Waals surface area contributed by atoms with Gasteiger partial charge in [-0.25, -0.2) is 0 Å². The first-order chi connectivity index (χ1) is 10.9. The number of esters is 1. The maximum absolute atomic E-state index is 11.4. The maximum Gasteiger partial charge on any atom is 0.302 e. The van der Waals surface area contributed by atoms with E-state index in [-0.39, 0.29) is 35.3 Å². The number of nitrogens with zero attached hydrogens (tertiary/aromatic N) is 1. The second-order valence-corrected chi connectivity index (χ2v) is 7.25. The van der Waals surface area contributed by atoms with Crippen LogP contribution in [0, 0.1) is 5.92 Å². The molecule has 5 heteroatoms. The highest BCUT2D eigenvalue weighted by Gasteiger charge is 2.62. The molecule has 0 bridgehead atoms. The summed E-state index contributed by atoms with van der Waals surface area (Å²) in [6, 6.07) is 3.74. The van der Waals surface area contributed by atoms with Gasteiger partial charge < -0.3 is 19.5 Å². The number of carbonyl (C=O) groups is 1.